The number of ether oxygens (including phenoxy) is 1. The fourth-order valence-electron chi connectivity index (χ4n) is 2.80. The van der Waals surface area contributed by atoms with Gasteiger partial charge in [0.25, 0.3) is 0 Å². The number of benzene rings is 3. The van der Waals surface area contributed by atoms with Gasteiger partial charge in [-0.1, -0.05) is 60.7 Å². The van der Waals surface area contributed by atoms with Crippen LogP contribution in [0.5, 0.6) is 5.75 Å². The van der Waals surface area contributed by atoms with Gasteiger partial charge in [0.1, 0.15) is 0 Å². The van der Waals surface area contributed by atoms with Crippen molar-refractivity contribution in [2.75, 3.05) is 7.11 Å². The second-order valence-electron chi connectivity index (χ2n) is 6.90. The smallest absolute Gasteiger partial charge is 0.550 e. The largest absolute Gasteiger partial charge is 2.00 e. The van der Waals surface area contributed by atoms with Crippen LogP contribution in [0.3, 0.4) is 0 Å². The van der Waals surface area contributed by atoms with E-state index in [1.54, 1.807) is 6.07 Å². The Morgan fingerprint density at radius 1 is 0.861 bits per heavy atom. The normalized spacial score (nSPS) is 9.11. The van der Waals surface area contributed by atoms with Crippen molar-refractivity contribution >= 4 is 29.2 Å². The average Bonchev–Trinajstić information content (AvgIpc) is 2.80. The van der Waals surface area contributed by atoms with Gasteiger partial charge < -0.3 is 30.3 Å². The number of primary amides is 1. The maximum atomic E-state index is 14.7. The first-order valence-corrected chi connectivity index (χ1v) is 10.2. The molecule has 0 unspecified atom stereocenters. The molecule has 36 heavy (non-hydrogen) atoms. The summed E-state index contributed by atoms with van der Waals surface area (Å²) in [5, 5.41) is 17.8. The topological polar surface area (TPSA) is 145 Å². The summed E-state index contributed by atoms with van der Waals surface area (Å²) < 4.78 is 19.8. The zero-order chi connectivity index (χ0) is 26.4. The van der Waals surface area contributed by atoms with Crippen molar-refractivity contribution in [3.8, 4) is 5.75 Å². The molecule has 0 atom stereocenters. The van der Waals surface area contributed by atoms with Gasteiger partial charge in [0.05, 0.1) is 24.9 Å². The molecule has 0 aliphatic rings. The zero-order valence-electron chi connectivity index (χ0n) is 19.8. The molecule has 0 aliphatic heterocycles. The van der Waals surface area contributed by atoms with E-state index in [4.69, 9.17) is 35.3 Å². The number of carboxylic acids is 2. The molecule has 0 radical (unpaired) electrons. The molecule has 10 heteroatoms. The van der Waals surface area contributed by atoms with Gasteiger partial charge in [-0.25, -0.2) is 9.38 Å². The molecule has 0 fully saturated rings. The summed E-state index contributed by atoms with van der Waals surface area (Å²) in [5.41, 5.74) is 8.20. The molecule has 0 heterocycles. The van der Waals surface area contributed by atoms with Crippen molar-refractivity contribution < 1.29 is 54.1 Å². The van der Waals surface area contributed by atoms with E-state index in [9.17, 15) is 9.18 Å². The van der Waals surface area contributed by atoms with Crippen molar-refractivity contribution in [1.82, 2.24) is 0 Å². The fraction of sp³-hybridized carbons (Fsp3) is 0.154. The number of carbonyl (C=O) groups excluding carboxylic acids is 3. The molecule has 3 rings (SSSR count). The Kier molecular flexibility index (Phi) is 14.9. The third-order valence-corrected chi connectivity index (χ3v) is 4.08. The molecular formula is C26H25FN2O6Pd. The Balaban J connectivity index is 0.00000119. The number of hydrogen-bond acceptors (Lipinski definition) is 7. The number of hydrogen-bond donors (Lipinski definition) is 1. The second kappa shape index (κ2) is 16.7. The van der Waals surface area contributed by atoms with Crippen LogP contribution in [0.1, 0.15) is 30.5 Å². The van der Waals surface area contributed by atoms with E-state index in [0.29, 0.717) is 11.4 Å². The monoisotopic (exact) mass is 586 g/mol. The Hall–Kier alpha value is -3.87. The first-order chi connectivity index (χ1) is 16.6. The number of amides is 1. The van der Waals surface area contributed by atoms with Gasteiger partial charge in [0.15, 0.2) is 11.6 Å². The molecule has 0 saturated heterocycles. The number of carboxylic acid groups (broad SMARTS) is 2. The second-order valence-corrected chi connectivity index (χ2v) is 6.90. The Morgan fingerprint density at radius 3 is 1.64 bits per heavy atom. The maximum Gasteiger partial charge on any atom is 2.00 e. The summed E-state index contributed by atoms with van der Waals surface area (Å²) in [6.45, 7) is 1.94. The summed E-state index contributed by atoms with van der Waals surface area (Å²) in [4.78, 5) is 33.9. The first-order valence-electron chi connectivity index (χ1n) is 10.2. The zero-order valence-corrected chi connectivity index (χ0v) is 21.4. The van der Waals surface area contributed by atoms with Gasteiger partial charge in [-0.2, -0.15) is 0 Å². The number of aliphatic imine (C=N–C) groups is 1. The summed E-state index contributed by atoms with van der Waals surface area (Å²) in [5.74, 6) is -3.39. The maximum absolute atomic E-state index is 14.7. The van der Waals surface area contributed by atoms with E-state index in [0.717, 1.165) is 25.0 Å². The average molecular weight is 587 g/mol. The number of nitrogens with zero attached hydrogens (tertiary/aromatic N) is 1. The number of aliphatic carboxylic acids is 2. The van der Waals surface area contributed by atoms with E-state index < -0.39 is 23.7 Å². The molecule has 0 bridgehead atoms. The summed E-state index contributed by atoms with van der Waals surface area (Å²) >= 11 is 0. The molecule has 3 aromatic rings. The molecule has 192 valence electrons. The molecule has 0 aromatic heterocycles. The SMILES string of the molecule is CC(=O)[O-].CC(=O)[O-].COc1ccc(N=C(c2ccccc2)c2ccccc2)c(CC(N)=O)c1F.[Pd+2]. The molecule has 8 nitrogen and oxygen atoms in total. The number of methoxy groups -OCH3 is 1. The van der Waals surface area contributed by atoms with Crippen LogP contribution in [0, 0.1) is 5.82 Å². The van der Waals surface area contributed by atoms with Crippen LogP contribution in [-0.4, -0.2) is 30.7 Å². The third kappa shape index (κ3) is 11.5. The molecule has 0 spiro atoms. The van der Waals surface area contributed by atoms with E-state index >= 15 is 0 Å². The van der Waals surface area contributed by atoms with Gasteiger partial charge in [-0.05, 0) is 26.0 Å². The molecular weight excluding hydrogens is 562 g/mol. The van der Waals surface area contributed by atoms with Crippen molar-refractivity contribution in [2.45, 2.75) is 20.3 Å². The van der Waals surface area contributed by atoms with E-state index in [-0.39, 0.29) is 38.2 Å². The fourth-order valence-corrected chi connectivity index (χ4v) is 2.80. The van der Waals surface area contributed by atoms with Gasteiger partial charge >= 0.3 is 20.4 Å². The molecule has 1 amide bonds. The van der Waals surface area contributed by atoms with Crippen molar-refractivity contribution in [3.63, 3.8) is 0 Å². The predicted octanol–water partition coefficient (Wildman–Crippen LogP) is 1.54. The first kappa shape index (κ1) is 32.1. The van der Waals surface area contributed by atoms with Gasteiger partial charge in [0, 0.05) is 28.6 Å². The van der Waals surface area contributed by atoms with Crippen LogP contribution >= 0.6 is 0 Å². The number of nitrogens with two attached hydrogens (primary N) is 1. The Labute approximate surface area is 222 Å². The Morgan fingerprint density at radius 2 is 1.28 bits per heavy atom. The van der Waals surface area contributed by atoms with E-state index in [1.807, 2.05) is 60.7 Å². The van der Waals surface area contributed by atoms with E-state index in [2.05, 4.69) is 0 Å². The van der Waals surface area contributed by atoms with Crippen molar-refractivity contribution in [1.29, 1.82) is 0 Å². The number of rotatable bonds is 6. The molecule has 2 N–H and O–H groups in total. The van der Waals surface area contributed by atoms with Crippen molar-refractivity contribution in [3.05, 3.63) is 95.3 Å². The summed E-state index contributed by atoms with van der Waals surface area (Å²) in [6.07, 6.45) is -0.265. The van der Waals surface area contributed by atoms with Crippen LogP contribution in [0.25, 0.3) is 0 Å². The molecule has 0 saturated carbocycles. The van der Waals surface area contributed by atoms with Crippen molar-refractivity contribution in [2.24, 2.45) is 10.7 Å². The van der Waals surface area contributed by atoms with Crippen LogP contribution in [0.4, 0.5) is 10.1 Å². The molecule has 0 aliphatic carbocycles. The minimum absolute atomic E-state index is 0. The number of halogens is 1. The van der Waals surface area contributed by atoms with Crippen LogP contribution in [0.2, 0.25) is 0 Å². The van der Waals surface area contributed by atoms with Crippen LogP contribution in [-0.2, 0) is 41.2 Å². The van der Waals surface area contributed by atoms with Crippen LogP contribution < -0.4 is 20.7 Å². The summed E-state index contributed by atoms with van der Waals surface area (Å²) in [7, 11) is 1.37. The number of carbonyl (C=O) groups is 3. The van der Waals surface area contributed by atoms with Gasteiger partial charge in [-0.3, -0.25) is 4.79 Å². The minimum atomic E-state index is -1.08. The van der Waals surface area contributed by atoms with E-state index in [1.165, 1.54) is 13.2 Å². The predicted molar refractivity (Wildman–Crippen MR) is 125 cm³/mol. The van der Waals surface area contributed by atoms with Gasteiger partial charge in [0.2, 0.25) is 5.91 Å². The third-order valence-electron chi connectivity index (χ3n) is 4.08. The standard InChI is InChI=1S/C22H19FN2O2.2C2H4O2.Pd/c1-27-19-13-12-18(17(21(19)23)14-20(24)26)25-22(15-8-4-2-5-9-15)16-10-6-3-7-11-16;2*1-2(3)4;/h2-13H,14H2,1H3,(H2,24,26);2*1H3,(H,3,4);/q;;;+2/p-2. The summed E-state index contributed by atoms with van der Waals surface area (Å²) in [6, 6.07) is 22.3. The molecule has 3 aromatic carbocycles. The Bertz CT molecular complexity index is 1110. The van der Waals surface area contributed by atoms with Gasteiger partial charge in [-0.15, -0.1) is 0 Å². The van der Waals surface area contributed by atoms with Crippen LogP contribution in [0.15, 0.2) is 77.8 Å². The quantitative estimate of drug-likeness (QED) is 0.343. The minimum Gasteiger partial charge on any atom is -0.550 e.